The molecule has 1 aliphatic heterocycles. The zero-order chi connectivity index (χ0) is 14.2. The standard InChI is InChI=1S/C17H25N3/c1-2-12-20(17-8-10-19-11-9-17)14-16(13-18)15-6-4-3-5-7-15/h3-7,16-17,19H,2,8-12,14H2,1H3. The Morgan fingerprint density at radius 2 is 2.00 bits per heavy atom. The molecule has 1 fully saturated rings. The van der Waals surface area contributed by atoms with Crippen LogP contribution >= 0.6 is 0 Å². The van der Waals surface area contributed by atoms with Gasteiger partial charge in [0.15, 0.2) is 0 Å². The Labute approximate surface area is 122 Å². The minimum atomic E-state index is -0.0161. The van der Waals surface area contributed by atoms with Crippen molar-refractivity contribution < 1.29 is 0 Å². The molecule has 3 nitrogen and oxygen atoms in total. The van der Waals surface area contributed by atoms with Gasteiger partial charge in [-0.1, -0.05) is 37.3 Å². The van der Waals surface area contributed by atoms with Crippen LogP contribution in [0.15, 0.2) is 30.3 Å². The first kappa shape index (κ1) is 15.0. The van der Waals surface area contributed by atoms with Gasteiger partial charge < -0.3 is 5.32 Å². The van der Waals surface area contributed by atoms with Crippen LogP contribution in [0.1, 0.15) is 37.7 Å². The van der Waals surface area contributed by atoms with E-state index in [1.807, 2.05) is 18.2 Å². The first-order valence-electron chi connectivity index (χ1n) is 7.74. The van der Waals surface area contributed by atoms with E-state index in [1.54, 1.807) is 0 Å². The topological polar surface area (TPSA) is 39.1 Å². The minimum absolute atomic E-state index is 0.0161. The third-order valence-electron chi connectivity index (χ3n) is 4.11. The summed E-state index contributed by atoms with van der Waals surface area (Å²) in [7, 11) is 0. The molecule has 0 amide bonds. The Morgan fingerprint density at radius 3 is 2.60 bits per heavy atom. The largest absolute Gasteiger partial charge is 0.317 e. The quantitative estimate of drug-likeness (QED) is 0.864. The summed E-state index contributed by atoms with van der Waals surface area (Å²) in [6.45, 7) is 6.38. The second-order valence-electron chi connectivity index (χ2n) is 5.57. The highest BCUT2D eigenvalue weighted by molar-refractivity contribution is 5.25. The van der Waals surface area contributed by atoms with Gasteiger partial charge in [-0.15, -0.1) is 0 Å². The molecule has 0 radical (unpaired) electrons. The molecule has 1 unspecified atom stereocenters. The van der Waals surface area contributed by atoms with Gasteiger partial charge >= 0.3 is 0 Å². The summed E-state index contributed by atoms with van der Waals surface area (Å²) in [5.74, 6) is -0.0161. The molecule has 0 aliphatic carbocycles. The first-order valence-corrected chi connectivity index (χ1v) is 7.74. The number of nitriles is 1. The van der Waals surface area contributed by atoms with E-state index in [4.69, 9.17) is 0 Å². The predicted molar refractivity (Wildman–Crippen MR) is 82.6 cm³/mol. The van der Waals surface area contributed by atoms with E-state index < -0.39 is 0 Å². The van der Waals surface area contributed by atoms with Gasteiger partial charge in [0.05, 0.1) is 12.0 Å². The number of hydrogen-bond acceptors (Lipinski definition) is 3. The Hall–Kier alpha value is -1.37. The minimum Gasteiger partial charge on any atom is -0.317 e. The number of benzene rings is 1. The van der Waals surface area contributed by atoms with Crippen molar-refractivity contribution in [3.8, 4) is 6.07 Å². The van der Waals surface area contributed by atoms with Crippen molar-refractivity contribution in [2.45, 2.75) is 38.1 Å². The summed E-state index contributed by atoms with van der Waals surface area (Å²) in [4.78, 5) is 2.53. The lowest BCUT2D eigenvalue weighted by atomic mass is 9.97. The van der Waals surface area contributed by atoms with Gasteiger partial charge in [-0.25, -0.2) is 0 Å². The molecule has 1 heterocycles. The van der Waals surface area contributed by atoms with Crippen LogP contribution in [0.25, 0.3) is 0 Å². The van der Waals surface area contributed by atoms with Crippen molar-refractivity contribution in [2.75, 3.05) is 26.2 Å². The van der Waals surface area contributed by atoms with E-state index in [2.05, 4.69) is 35.3 Å². The van der Waals surface area contributed by atoms with Gasteiger partial charge in [-0.2, -0.15) is 5.26 Å². The monoisotopic (exact) mass is 271 g/mol. The molecule has 1 aromatic carbocycles. The number of hydrogen-bond donors (Lipinski definition) is 1. The Bertz CT molecular complexity index is 418. The van der Waals surface area contributed by atoms with Gasteiger partial charge in [0.1, 0.15) is 0 Å². The Morgan fingerprint density at radius 1 is 1.30 bits per heavy atom. The van der Waals surface area contributed by atoms with Crippen molar-refractivity contribution in [1.29, 1.82) is 5.26 Å². The highest BCUT2D eigenvalue weighted by Crippen LogP contribution is 2.20. The second-order valence-corrected chi connectivity index (χ2v) is 5.57. The van der Waals surface area contributed by atoms with Crippen LogP contribution in [0.2, 0.25) is 0 Å². The molecule has 0 spiro atoms. The maximum Gasteiger partial charge on any atom is 0.0839 e. The van der Waals surface area contributed by atoms with Gasteiger partial charge in [0, 0.05) is 12.6 Å². The van der Waals surface area contributed by atoms with E-state index in [-0.39, 0.29) is 5.92 Å². The normalized spacial score (nSPS) is 17.9. The van der Waals surface area contributed by atoms with Gasteiger partial charge in [-0.3, -0.25) is 4.90 Å². The smallest absolute Gasteiger partial charge is 0.0839 e. The molecule has 108 valence electrons. The van der Waals surface area contributed by atoms with Crippen molar-refractivity contribution >= 4 is 0 Å². The van der Waals surface area contributed by atoms with Crippen LogP contribution in [-0.4, -0.2) is 37.1 Å². The van der Waals surface area contributed by atoms with Crippen molar-refractivity contribution in [1.82, 2.24) is 10.2 Å². The second kappa shape index (κ2) is 8.04. The van der Waals surface area contributed by atoms with Crippen LogP contribution in [0, 0.1) is 11.3 Å². The molecular weight excluding hydrogens is 246 g/mol. The summed E-state index contributed by atoms with van der Waals surface area (Å²) >= 11 is 0. The summed E-state index contributed by atoms with van der Waals surface area (Å²) in [6.07, 6.45) is 3.55. The van der Waals surface area contributed by atoms with E-state index in [0.717, 1.165) is 38.2 Å². The van der Waals surface area contributed by atoms with E-state index >= 15 is 0 Å². The fourth-order valence-electron chi connectivity index (χ4n) is 3.02. The highest BCUT2D eigenvalue weighted by Gasteiger charge is 2.23. The fourth-order valence-corrected chi connectivity index (χ4v) is 3.02. The molecule has 1 aliphatic rings. The third kappa shape index (κ3) is 4.06. The van der Waals surface area contributed by atoms with Crippen molar-refractivity contribution in [3.05, 3.63) is 35.9 Å². The van der Waals surface area contributed by atoms with E-state index in [9.17, 15) is 5.26 Å². The number of nitrogens with zero attached hydrogens (tertiary/aromatic N) is 2. The van der Waals surface area contributed by atoms with Gasteiger partial charge in [0.25, 0.3) is 0 Å². The molecule has 20 heavy (non-hydrogen) atoms. The molecule has 0 saturated carbocycles. The fraction of sp³-hybridized carbons (Fsp3) is 0.588. The molecule has 1 saturated heterocycles. The van der Waals surface area contributed by atoms with E-state index in [1.165, 1.54) is 12.8 Å². The highest BCUT2D eigenvalue weighted by atomic mass is 15.2. The van der Waals surface area contributed by atoms with Crippen LogP contribution in [-0.2, 0) is 0 Å². The zero-order valence-electron chi connectivity index (χ0n) is 12.4. The van der Waals surface area contributed by atoms with Gasteiger partial charge in [0.2, 0.25) is 0 Å². The lowest BCUT2D eigenvalue weighted by Crippen LogP contribution is -2.45. The lowest BCUT2D eigenvalue weighted by Gasteiger charge is -2.35. The zero-order valence-corrected chi connectivity index (χ0v) is 12.4. The summed E-state index contributed by atoms with van der Waals surface area (Å²) in [5, 5.41) is 12.9. The average Bonchev–Trinajstić information content (AvgIpc) is 2.53. The number of nitrogens with one attached hydrogen (secondary N) is 1. The molecule has 1 atom stereocenters. The maximum atomic E-state index is 9.51. The maximum absolute atomic E-state index is 9.51. The molecule has 3 heteroatoms. The Kier molecular flexibility index (Phi) is 6.04. The summed E-state index contributed by atoms with van der Waals surface area (Å²) in [5.41, 5.74) is 1.14. The van der Waals surface area contributed by atoms with Crippen molar-refractivity contribution in [3.63, 3.8) is 0 Å². The van der Waals surface area contributed by atoms with E-state index in [0.29, 0.717) is 6.04 Å². The van der Waals surface area contributed by atoms with Crippen LogP contribution in [0.3, 0.4) is 0 Å². The number of rotatable bonds is 6. The molecule has 0 aromatic heterocycles. The lowest BCUT2D eigenvalue weighted by molar-refractivity contribution is 0.159. The third-order valence-corrected chi connectivity index (χ3v) is 4.11. The van der Waals surface area contributed by atoms with Crippen LogP contribution in [0.4, 0.5) is 0 Å². The molecule has 2 rings (SSSR count). The average molecular weight is 271 g/mol. The van der Waals surface area contributed by atoms with Crippen LogP contribution < -0.4 is 5.32 Å². The molecular formula is C17H25N3. The Balaban J connectivity index is 2.04. The molecule has 0 bridgehead atoms. The SMILES string of the molecule is CCCN(CC(C#N)c1ccccc1)C1CCNCC1. The van der Waals surface area contributed by atoms with Gasteiger partial charge in [-0.05, 0) is 44.5 Å². The molecule has 1 aromatic rings. The summed E-state index contributed by atoms with van der Waals surface area (Å²) < 4.78 is 0. The molecule has 1 N–H and O–H groups in total. The first-order chi connectivity index (χ1) is 9.85. The summed E-state index contributed by atoms with van der Waals surface area (Å²) in [6, 6.07) is 13.3. The predicted octanol–water partition coefficient (Wildman–Crippen LogP) is 2.76. The van der Waals surface area contributed by atoms with Crippen molar-refractivity contribution in [2.24, 2.45) is 0 Å². The number of piperidine rings is 1. The van der Waals surface area contributed by atoms with Crippen LogP contribution in [0.5, 0.6) is 0 Å².